The predicted molar refractivity (Wildman–Crippen MR) is 108 cm³/mol. The van der Waals surface area contributed by atoms with E-state index in [9.17, 15) is 14.4 Å². The summed E-state index contributed by atoms with van der Waals surface area (Å²) >= 11 is 6.13. The lowest BCUT2D eigenvalue weighted by Crippen LogP contribution is -2.33. The lowest BCUT2D eigenvalue weighted by atomic mass is 10.1. The van der Waals surface area contributed by atoms with Crippen molar-refractivity contribution in [3.05, 3.63) is 63.7 Å². The Labute approximate surface area is 174 Å². The van der Waals surface area contributed by atoms with Gasteiger partial charge in [0.05, 0.1) is 24.3 Å². The molecule has 2 aromatic rings. The SMILES string of the molecule is Cc1cc(OCCCC(=O)OCCN2C(=O)c3ccccc3C2=O)cc(C)c1Cl. The van der Waals surface area contributed by atoms with Crippen LogP contribution in [0, 0.1) is 13.8 Å². The van der Waals surface area contributed by atoms with E-state index < -0.39 is 5.97 Å². The largest absolute Gasteiger partial charge is 0.494 e. The molecule has 0 unspecified atom stereocenters. The van der Waals surface area contributed by atoms with Crippen LogP contribution < -0.4 is 4.74 Å². The zero-order chi connectivity index (χ0) is 21.0. The Morgan fingerprint density at radius 2 is 1.59 bits per heavy atom. The van der Waals surface area contributed by atoms with Crippen LogP contribution in [0.4, 0.5) is 0 Å². The highest BCUT2D eigenvalue weighted by molar-refractivity contribution is 6.32. The number of carbonyl (C=O) groups is 3. The van der Waals surface area contributed by atoms with Crippen LogP contribution in [0.1, 0.15) is 44.7 Å². The van der Waals surface area contributed by atoms with Crippen molar-refractivity contribution in [2.24, 2.45) is 0 Å². The molecule has 0 radical (unpaired) electrons. The zero-order valence-corrected chi connectivity index (χ0v) is 17.1. The van der Waals surface area contributed by atoms with Crippen LogP contribution in [-0.4, -0.2) is 42.4 Å². The van der Waals surface area contributed by atoms with Crippen LogP contribution in [0.25, 0.3) is 0 Å². The molecule has 0 saturated carbocycles. The minimum absolute atomic E-state index is 0.0271. The maximum atomic E-state index is 12.2. The number of benzene rings is 2. The summed E-state index contributed by atoms with van der Waals surface area (Å²) in [6, 6.07) is 10.4. The van der Waals surface area contributed by atoms with Gasteiger partial charge in [-0.15, -0.1) is 0 Å². The number of hydrogen-bond acceptors (Lipinski definition) is 5. The van der Waals surface area contributed by atoms with E-state index in [-0.39, 0.29) is 31.4 Å². The lowest BCUT2D eigenvalue weighted by Gasteiger charge is -2.14. The van der Waals surface area contributed by atoms with Crippen LogP contribution in [0.5, 0.6) is 5.75 Å². The summed E-state index contributed by atoms with van der Waals surface area (Å²) in [6.45, 7) is 4.20. The number of halogens is 1. The third-order valence-electron chi connectivity index (χ3n) is 4.66. The summed E-state index contributed by atoms with van der Waals surface area (Å²) in [5.74, 6) is -0.399. The van der Waals surface area contributed by atoms with E-state index in [1.54, 1.807) is 24.3 Å². The van der Waals surface area contributed by atoms with Gasteiger partial charge in [0.25, 0.3) is 11.8 Å². The van der Waals surface area contributed by atoms with Crippen LogP contribution in [0.2, 0.25) is 5.02 Å². The molecule has 1 aliphatic rings. The molecule has 1 heterocycles. The van der Waals surface area contributed by atoms with E-state index in [4.69, 9.17) is 21.1 Å². The van der Waals surface area contributed by atoms with Crippen LogP contribution >= 0.6 is 11.6 Å². The molecule has 6 nitrogen and oxygen atoms in total. The van der Waals surface area contributed by atoms with E-state index in [0.29, 0.717) is 29.9 Å². The van der Waals surface area contributed by atoms with Crippen molar-refractivity contribution in [2.75, 3.05) is 19.8 Å². The average molecular weight is 416 g/mol. The second-order valence-electron chi connectivity index (χ2n) is 6.85. The Hall–Kier alpha value is -2.86. The summed E-state index contributed by atoms with van der Waals surface area (Å²) in [5.41, 5.74) is 2.64. The number of fused-ring (bicyclic) bond motifs is 1. The molecular weight excluding hydrogens is 394 g/mol. The Morgan fingerprint density at radius 1 is 1.00 bits per heavy atom. The molecule has 2 amide bonds. The fraction of sp³-hybridized carbons (Fsp3) is 0.318. The second kappa shape index (κ2) is 9.09. The van der Waals surface area contributed by atoms with Crippen LogP contribution in [0.15, 0.2) is 36.4 Å². The smallest absolute Gasteiger partial charge is 0.305 e. The van der Waals surface area contributed by atoms with Gasteiger partial charge in [0.15, 0.2) is 0 Å². The van der Waals surface area contributed by atoms with E-state index in [1.807, 2.05) is 26.0 Å². The summed E-state index contributed by atoms with van der Waals surface area (Å²) in [5, 5.41) is 0.721. The summed E-state index contributed by atoms with van der Waals surface area (Å²) in [6.07, 6.45) is 0.681. The van der Waals surface area contributed by atoms with E-state index in [1.165, 1.54) is 0 Å². The number of esters is 1. The molecule has 0 fully saturated rings. The summed E-state index contributed by atoms with van der Waals surface area (Å²) in [4.78, 5) is 37.5. The van der Waals surface area contributed by atoms with E-state index >= 15 is 0 Å². The third-order valence-corrected chi connectivity index (χ3v) is 5.26. The van der Waals surface area contributed by atoms with Crippen molar-refractivity contribution in [1.82, 2.24) is 4.90 Å². The molecule has 0 bridgehead atoms. The Balaban J connectivity index is 1.37. The Kier molecular flexibility index (Phi) is 6.54. The quantitative estimate of drug-likeness (QED) is 0.370. The van der Waals surface area contributed by atoms with Crippen molar-refractivity contribution in [3.63, 3.8) is 0 Å². The molecule has 0 saturated heterocycles. The monoisotopic (exact) mass is 415 g/mol. The molecule has 2 aromatic carbocycles. The number of carbonyl (C=O) groups excluding carboxylic acids is 3. The predicted octanol–water partition coefficient (Wildman–Crippen LogP) is 3.96. The minimum atomic E-state index is -0.395. The molecule has 152 valence electrons. The number of aryl methyl sites for hydroxylation is 2. The molecule has 0 N–H and O–H groups in total. The number of ether oxygens (including phenoxy) is 2. The summed E-state index contributed by atoms with van der Waals surface area (Å²) < 4.78 is 10.8. The average Bonchev–Trinajstić information content (AvgIpc) is 2.94. The number of amides is 2. The van der Waals surface area contributed by atoms with Crippen LogP contribution in [0.3, 0.4) is 0 Å². The van der Waals surface area contributed by atoms with Gasteiger partial charge in [-0.2, -0.15) is 0 Å². The third kappa shape index (κ3) is 4.77. The second-order valence-corrected chi connectivity index (χ2v) is 7.23. The molecule has 29 heavy (non-hydrogen) atoms. The first kappa shape index (κ1) is 20.9. The van der Waals surface area contributed by atoms with Gasteiger partial charge in [-0.3, -0.25) is 19.3 Å². The first-order chi connectivity index (χ1) is 13.9. The fourth-order valence-electron chi connectivity index (χ4n) is 3.16. The van der Waals surface area contributed by atoms with Crippen molar-refractivity contribution in [2.45, 2.75) is 26.7 Å². The molecule has 3 rings (SSSR count). The highest BCUT2D eigenvalue weighted by Crippen LogP contribution is 2.26. The molecule has 1 aliphatic heterocycles. The number of imide groups is 1. The van der Waals surface area contributed by atoms with Gasteiger partial charge in [0, 0.05) is 11.4 Å². The lowest BCUT2D eigenvalue weighted by molar-refractivity contribution is -0.144. The first-order valence-electron chi connectivity index (χ1n) is 9.39. The van der Waals surface area contributed by atoms with Crippen LogP contribution in [-0.2, 0) is 9.53 Å². The van der Waals surface area contributed by atoms with Gasteiger partial charge >= 0.3 is 5.97 Å². The van der Waals surface area contributed by atoms with E-state index in [0.717, 1.165) is 21.0 Å². The van der Waals surface area contributed by atoms with Crippen molar-refractivity contribution in [1.29, 1.82) is 0 Å². The van der Waals surface area contributed by atoms with Gasteiger partial charge < -0.3 is 9.47 Å². The van der Waals surface area contributed by atoms with Crippen molar-refractivity contribution in [3.8, 4) is 5.75 Å². The summed E-state index contributed by atoms with van der Waals surface area (Å²) in [7, 11) is 0. The molecular formula is C22H22ClNO5. The number of rotatable bonds is 8. The topological polar surface area (TPSA) is 72.9 Å². The zero-order valence-electron chi connectivity index (χ0n) is 16.4. The first-order valence-corrected chi connectivity index (χ1v) is 9.76. The fourth-order valence-corrected chi connectivity index (χ4v) is 3.27. The molecule has 0 aromatic heterocycles. The van der Waals surface area contributed by atoms with Gasteiger partial charge in [-0.25, -0.2) is 0 Å². The maximum Gasteiger partial charge on any atom is 0.305 e. The van der Waals surface area contributed by atoms with Gasteiger partial charge in [0.2, 0.25) is 0 Å². The van der Waals surface area contributed by atoms with Gasteiger partial charge in [-0.1, -0.05) is 23.7 Å². The Bertz CT molecular complexity index is 898. The minimum Gasteiger partial charge on any atom is -0.494 e. The maximum absolute atomic E-state index is 12.2. The number of nitrogens with zero attached hydrogens (tertiary/aromatic N) is 1. The molecule has 0 spiro atoms. The normalized spacial score (nSPS) is 12.9. The van der Waals surface area contributed by atoms with E-state index in [2.05, 4.69) is 0 Å². The highest BCUT2D eigenvalue weighted by atomic mass is 35.5. The standard InChI is InChI=1S/C22H22ClNO5/c1-14-12-16(13-15(2)20(14)23)28-10-5-8-19(25)29-11-9-24-21(26)17-6-3-4-7-18(17)22(24)27/h3-4,6-7,12-13H,5,8-11H2,1-2H3. The highest BCUT2D eigenvalue weighted by Gasteiger charge is 2.34. The Morgan fingerprint density at radius 3 is 2.17 bits per heavy atom. The molecule has 0 aliphatic carbocycles. The van der Waals surface area contributed by atoms with Crippen molar-refractivity contribution < 1.29 is 23.9 Å². The molecule has 7 heteroatoms. The number of hydrogen-bond donors (Lipinski definition) is 0. The molecule has 0 atom stereocenters. The van der Waals surface area contributed by atoms with Gasteiger partial charge in [0.1, 0.15) is 12.4 Å². The van der Waals surface area contributed by atoms with Crippen molar-refractivity contribution >= 4 is 29.4 Å². The van der Waals surface area contributed by atoms with Gasteiger partial charge in [-0.05, 0) is 55.7 Å².